The van der Waals surface area contributed by atoms with Crippen LogP contribution in [0.2, 0.25) is 0 Å². The molecule has 6 heteroatoms. The summed E-state index contributed by atoms with van der Waals surface area (Å²) in [5.74, 6) is 2.22. The second-order valence-electron chi connectivity index (χ2n) is 5.00. The third-order valence-corrected chi connectivity index (χ3v) is 5.02. The molecule has 2 amide bonds. The Balaban J connectivity index is 1.76. The van der Waals surface area contributed by atoms with Crippen molar-refractivity contribution < 1.29 is 9.90 Å². The first kappa shape index (κ1) is 14.7. The van der Waals surface area contributed by atoms with Gasteiger partial charge in [-0.15, -0.1) is 0 Å². The summed E-state index contributed by atoms with van der Waals surface area (Å²) in [6.07, 6.45) is 2.05. The van der Waals surface area contributed by atoms with Gasteiger partial charge in [-0.2, -0.15) is 23.1 Å². The van der Waals surface area contributed by atoms with Crippen LogP contribution in [0.25, 0.3) is 0 Å². The van der Waals surface area contributed by atoms with Crippen LogP contribution in [0.4, 0.5) is 4.79 Å². The molecule has 4 nitrogen and oxygen atoms in total. The maximum absolute atomic E-state index is 11.8. The molecule has 0 radical (unpaired) electrons. The topological polar surface area (TPSA) is 61.4 Å². The van der Waals surface area contributed by atoms with Gasteiger partial charge >= 0.3 is 6.03 Å². The standard InChI is InChI=1S/C13H20N2O2S2/c1-13(17,10-2-5-19-8-10)9-14-12(16)15-11-3-6-18-7-4-11/h2,5,8,11,17H,3-4,6-7,9H2,1H3,(H2,14,15,16). The Morgan fingerprint density at radius 2 is 2.26 bits per heavy atom. The number of rotatable bonds is 4. The summed E-state index contributed by atoms with van der Waals surface area (Å²) in [4.78, 5) is 11.8. The highest BCUT2D eigenvalue weighted by Crippen LogP contribution is 2.22. The smallest absolute Gasteiger partial charge is 0.315 e. The number of thioether (sulfide) groups is 1. The van der Waals surface area contributed by atoms with E-state index in [0.717, 1.165) is 29.9 Å². The van der Waals surface area contributed by atoms with E-state index >= 15 is 0 Å². The van der Waals surface area contributed by atoms with Gasteiger partial charge in [-0.1, -0.05) is 0 Å². The highest BCUT2D eigenvalue weighted by molar-refractivity contribution is 7.99. The second-order valence-corrected chi connectivity index (χ2v) is 7.00. The van der Waals surface area contributed by atoms with E-state index in [1.807, 2.05) is 28.6 Å². The minimum absolute atomic E-state index is 0.188. The number of carbonyl (C=O) groups is 1. The number of hydrogen-bond donors (Lipinski definition) is 3. The fraction of sp³-hybridized carbons (Fsp3) is 0.615. The highest BCUT2D eigenvalue weighted by atomic mass is 32.2. The van der Waals surface area contributed by atoms with Gasteiger partial charge in [-0.3, -0.25) is 0 Å². The van der Waals surface area contributed by atoms with Crippen LogP contribution in [0.3, 0.4) is 0 Å². The number of amides is 2. The summed E-state index contributed by atoms with van der Waals surface area (Å²) >= 11 is 3.47. The third kappa shape index (κ3) is 4.40. The van der Waals surface area contributed by atoms with Gasteiger partial charge in [0.2, 0.25) is 0 Å². The van der Waals surface area contributed by atoms with E-state index in [1.165, 1.54) is 11.3 Å². The van der Waals surface area contributed by atoms with Gasteiger partial charge in [-0.25, -0.2) is 4.79 Å². The Morgan fingerprint density at radius 3 is 2.89 bits per heavy atom. The Morgan fingerprint density at radius 1 is 1.53 bits per heavy atom. The van der Waals surface area contributed by atoms with Gasteiger partial charge in [0.15, 0.2) is 0 Å². The van der Waals surface area contributed by atoms with Crippen LogP contribution >= 0.6 is 23.1 Å². The maximum Gasteiger partial charge on any atom is 0.315 e. The fourth-order valence-electron chi connectivity index (χ4n) is 2.00. The van der Waals surface area contributed by atoms with Crippen molar-refractivity contribution in [3.8, 4) is 0 Å². The lowest BCUT2D eigenvalue weighted by atomic mass is 9.99. The van der Waals surface area contributed by atoms with Gasteiger partial charge < -0.3 is 15.7 Å². The predicted octanol–water partition coefficient (Wildman–Crippen LogP) is 2.15. The minimum Gasteiger partial charge on any atom is -0.384 e. The average molecular weight is 300 g/mol. The van der Waals surface area contributed by atoms with Crippen LogP contribution in [0, 0.1) is 0 Å². The van der Waals surface area contributed by atoms with Crippen molar-refractivity contribution in [2.45, 2.75) is 31.4 Å². The molecule has 1 fully saturated rings. The quantitative estimate of drug-likeness (QED) is 0.798. The predicted molar refractivity (Wildman–Crippen MR) is 80.8 cm³/mol. The number of thiophene rings is 1. The first-order chi connectivity index (χ1) is 9.08. The van der Waals surface area contributed by atoms with Crippen molar-refractivity contribution in [2.24, 2.45) is 0 Å². The van der Waals surface area contributed by atoms with E-state index < -0.39 is 5.60 Å². The SMILES string of the molecule is CC(O)(CNC(=O)NC1CCSCC1)c1ccsc1. The summed E-state index contributed by atoms with van der Waals surface area (Å²) in [6, 6.07) is 1.96. The summed E-state index contributed by atoms with van der Waals surface area (Å²) < 4.78 is 0. The summed E-state index contributed by atoms with van der Waals surface area (Å²) in [5.41, 5.74) is -0.174. The molecular weight excluding hydrogens is 280 g/mol. The molecule has 1 atom stereocenters. The van der Waals surface area contributed by atoms with E-state index in [2.05, 4.69) is 10.6 Å². The number of hydrogen-bond acceptors (Lipinski definition) is 4. The van der Waals surface area contributed by atoms with Gasteiger partial charge in [0.05, 0.1) is 6.54 Å². The zero-order valence-corrected chi connectivity index (χ0v) is 12.6. The molecule has 1 aliphatic rings. The highest BCUT2D eigenvalue weighted by Gasteiger charge is 2.24. The van der Waals surface area contributed by atoms with Crippen LogP contribution in [0.5, 0.6) is 0 Å². The third-order valence-electron chi connectivity index (χ3n) is 3.29. The largest absolute Gasteiger partial charge is 0.384 e. The number of aliphatic hydroxyl groups is 1. The molecule has 106 valence electrons. The van der Waals surface area contributed by atoms with E-state index in [-0.39, 0.29) is 18.6 Å². The normalized spacial score (nSPS) is 19.7. The summed E-state index contributed by atoms with van der Waals surface area (Å²) in [6.45, 7) is 1.93. The molecule has 2 heterocycles. The van der Waals surface area contributed by atoms with Gasteiger partial charge in [0, 0.05) is 6.04 Å². The summed E-state index contributed by atoms with van der Waals surface area (Å²) in [5, 5.41) is 19.8. The Kier molecular flexibility index (Phi) is 5.13. The second kappa shape index (κ2) is 6.63. The first-order valence-corrected chi connectivity index (χ1v) is 8.55. The fourth-order valence-corrected chi connectivity index (χ4v) is 3.89. The molecule has 19 heavy (non-hydrogen) atoms. The van der Waals surface area contributed by atoms with Crippen LogP contribution in [0.1, 0.15) is 25.3 Å². The van der Waals surface area contributed by atoms with Crippen molar-refractivity contribution in [2.75, 3.05) is 18.1 Å². The van der Waals surface area contributed by atoms with E-state index in [1.54, 1.807) is 6.92 Å². The van der Waals surface area contributed by atoms with Crippen molar-refractivity contribution in [3.63, 3.8) is 0 Å². The lowest BCUT2D eigenvalue weighted by Gasteiger charge is -2.25. The molecule has 1 aliphatic heterocycles. The van der Waals surface area contributed by atoms with Crippen molar-refractivity contribution in [1.29, 1.82) is 0 Å². The monoisotopic (exact) mass is 300 g/mol. The van der Waals surface area contributed by atoms with Crippen molar-refractivity contribution in [1.82, 2.24) is 10.6 Å². The van der Waals surface area contributed by atoms with Gasteiger partial charge in [0.1, 0.15) is 5.60 Å². The van der Waals surface area contributed by atoms with Crippen molar-refractivity contribution in [3.05, 3.63) is 22.4 Å². The average Bonchev–Trinajstić information content (AvgIpc) is 2.92. The van der Waals surface area contributed by atoms with Gasteiger partial charge in [0.25, 0.3) is 0 Å². The number of urea groups is 1. The number of nitrogens with one attached hydrogen (secondary N) is 2. The van der Waals surface area contributed by atoms with Crippen LogP contribution in [-0.2, 0) is 5.60 Å². The lowest BCUT2D eigenvalue weighted by molar-refractivity contribution is 0.0597. The molecule has 1 saturated heterocycles. The molecule has 1 aromatic rings. The van der Waals surface area contributed by atoms with Crippen LogP contribution < -0.4 is 10.6 Å². The molecule has 0 spiro atoms. The zero-order valence-electron chi connectivity index (χ0n) is 11.0. The van der Waals surface area contributed by atoms with E-state index in [4.69, 9.17) is 0 Å². The molecule has 0 bridgehead atoms. The number of carbonyl (C=O) groups excluding carboxylic acids is 1. The van der Waals surface area contributed by atoms with Crippen LogP contribution in [0.15, 0.2) is 16.8 Å². The molecule has 0 saturated carbocycles. The van der Waals surface area contributed by atoms with Gasteiger partial charge in [-0.05, 0) is 53.7 Å². The zero-order chi connectivity index (χ0) is 13.7. The molecule has 1 unspecified atom stereocenters. The molecule has 2 rings (SSSR count). The Bertz CT molecular complexity index is 401. The van der Waals surface area contributed by atoms with Crippen molar-refractivity contribution >= 4 is 29.1 Å². The Hall–Kier alpha value is -0.720. The molecule has 0 aliphatic carbocycles. The van der Waals surface area contributed by atoms with Crippen LogP contribution in [-0.4, -0.2) is 35.2 Å². The first-order valence-electron chi connectivity index (χ1n) is 6.45. The lowest BCUT2D eigenvalue weighted by Crippen LogP contribution is -2.47. The molecule has 3 N–H and O–H groups in total. The molecular formula is C13H20N2O2S2. The maximum atomic E-state index is 11.8. The summed E-state index contributed by atoms with van der Waals surface area (Å²) in [7, 11) is 0. The van der Waals surface area contributed by atoms with E-state index in [9.17, 15) is 9.90 Å². The molecule has 0 aromatic carbocycles. The minimum atomic E-state index is -1.01. The van der Waals surface area contributed by atoms with E-state index in [0.29, 0.717) is 0 Å². The molecule has 1 aromatic heterocycles. The Labute approximate surface area is 122 Å².